The van der Waals surface area contributed by atoms with Crippen LogP contribution in [-0.4, -0.2) is 66.0 Å². The van der Waals surface area contributed by atoms with Gasteiger partial charge >= 0.3 is 0 Å². The standard InChI is InChI=1S/C22H25N7O2/c30-20-16(13-26-7-1-2-8-26)4-5-18-17-10-15(12-28(18)20)11-27(14-17)21(31)19-24-22-23-6-3-9-29(22)25-19/h3-6,9,15,17H,1-2,7-8,10-14H2/t15-,17+/m0/s1. The van der Waals surface area contributed by atoms with E-state index in [1.807, 2.05) is 15.5 Å². The molecular formula is C22H25N7O2. The maximum absolute atomic E-state index is 13.2. The van der Waals surface area contributed by atoms with Crippen LogP contribution in [0.25, 0.3) is 5.78 Å². The summed E-state index contributed by atoms with van der Waals surface area (Å²) in [5.41, 5.74) is 2.08. The number of amides is 1. The summed E-state index contributed by atoms with van der Waals surface area (Å²) in [7, 11) is 0. The Balaban J connectivity index is 1.25. The number of carbonyl (C=O) groups is 1. The molecule has 0 radical (unpaired) electrons. The lowest BCUT2D eigenvalue weighted by Crippen LogP contribution is -2.49. The Morgan fingerprint density at radius 1 is 1.13 bits per heavy atom. The summed E-state index contributed by atoms with van der Waals surface area (Å²) in [6, 6.07) is 5.87. The van der Waals surface area contributed by atoms with E-state index >= 15 is 0 Å². The van der Waals surface area contributed by atoms with Gasteiger partial charge in [-0.15, -0.1) is 5.10 Å². The average molecular weight is 419 g/mol. The summed E-state index contributed by atoms with van der Waals surface area (Å²) in [5.74, 6) is 0.870. The fourth-order valence-corrected chi connectivity index (χ4v) is 5.42. The maximum Gasteiger partial charge on any atom is 0.293 e. The number of nitrogens with zero attached hydrogens (tertiary/aromatic N) is 7. The predicted molar refractivity (Wildman–Crippen MR) is 113 cm³/mol. The molecule has 0 aliphatic carbocycles. The number of aromatic nitrogens is 5. The smallest absolute Gasteiger partial charge is 0.293 e. The molecule has 1 amide bonds. The van der Waals surface area contributed by atoms with Crippen molar-refractivity contribution in [1.29, 1.82) is 0 Å². The van der Waals surface area contributed by atoms with Gasteiger partial charge in [0.05, 0.1) is 0 Å². The summed E-state index contributed by atoms with van der Waals surface area (Å²) < 4.78 is 3.49. The van der Waals surface area contributed by atoms with Crippen molar-refractivity contribution in [1.82, 2.24) is 33.9 Å². The van der Waals surface area contributed by atoms with Gasteiger partial charge in [0.2, 0.25) is 5.82 Å². The van der Waals surface area contributed by atoms with E-state index in [9.17, 15) is 9.59 Å². The van der Waals surface area contributed by atoms with Crippen LogP contribution in [0.4, 0.5) is 0 Å². The molecule has 0 saturated carbocycles. The Hall–Kier alpha value is -3.07. The number of pyridine rings is 1. The Labute approximate surface area is 179 Å². The van der Waals surface area contributed by atoms with Crippen LogP contribution < -0.4 is 5.56 Å². The van der Waals surface area contributed by atoms with Gasteiger partial charge in [-0.05, 0) is 50.4 Å². The number of carbonyl (C=O) groups excluding carboxylic acids is 1. The van der Waals surface area contributed by atoms with Crippen molar-refractivity contribution < 1.29 is 4.79 Å². The molecule has 2 atom stereocenters. The van der Waals surface area contributed by atoms with Crippen LogP contribution in [0.3, 0.4) is 0 Å². The minimum absolute atomic E-state index is 0.145. The van der Waals surface area contributed by atoms with E-state index < -0.39 is 0 Å². The largest absolute Gasteiger partial charge is 0.335 e. The van der Waals surface area contributed by atoms with Gasteiger partial charge in [0.15, 0.2) is 0 Å². The minimum atomic E-state index is -0.165. The SMILES string of the molecule is O=C(c1nc2ncccn2n1)N1C[C@@H]2C[C@H](C1)c1ccc(CN3CCCC3)c(=O)n1C2. The number of piperidine rings is 1. The van der Waals surface area contributed by atoms with Gasteiger partial charge in [0.1, 0.15) is 0 Å². The van der Waals surface area contributed by atoms with Crippen LogP contribution in [0, 0.1) is 5.92 Å². The molecule has 2 bridgehead atoms. The zero-order chi connectivity index (χ0) is 20.9. The van der Waals surface area contributed by atoms with Gasteiger partial charge < -0.3 is 9.47 Å². The maximum atomic E-state index is 13.2. The third-order valence-corrected chi connectivity index (χ3v) is 6.87. The van der Waals surface area contributed by atoms with Gasteiger partial charge in [-0.1, -0.05) is 6.07 Å². The molecule has 3 aliphatic heterocycles. The van der Waals surface area contributed by atoms with Crippen molar-refractivity contribution in [3.63, 3.8) is 0 Å². The first-order valence-electron chi connectivity index (χ1n) is 11.1. The Morgan fingerprint density at radius 2 is 2.00 bits per heavy atom. The van der Waals surface area contributed by atoms with Crippen molar-refractivity contribution in [2.24, 2.45) is 5.92 Å². The number of fused-ring (bicyclic) bond motifs is 5. The Kier molecular flexibility index (Phi) is 4.38. The zero-order valence-electron chi connectivity index (χ0n) is 17.4. The Morgan fingerprint density at radius 3 is 2.84 bits per heavy atom. The second-order valence-corrected chi connectivity index (χ2v) is 8.99. The van der Waals surface area contributed by atoms with Crippen LogP contribution in [0.5, 0.6) is 0 Å². The van der Waals surface area contributed by atoms with Crippen molar-refractivity contribution in [2.75, 3.05) is 26.2 Å². The van der Waals surface area contributed by atoms with Gasteiger partial charge in [0.25, 0.3) is 17.2 Å². The molecule has 0 unspecified atom stereocenters. The lowest BCUT2D eigenvalue weighted by Gasteiger charge is -2.42. The van der Waals surface area contributed by atoms with Gasteiger partial charge in [0, 0.05) is 55.7 Å². The predicted octanol–water partition coefficient (Wildman–Crippen LogP) is 1.14. The molecule has 3 aromatic heterocycles. The molecule has 9 nitrogen and oxygen atoms in total. The highest BCUT2D eigenvalue weighted by molar-refractivity contribution is 5.91. The van der Waals surface area contributed by atoms with Crippen LogP contribution in [0.2, 0.25) is 0 Å². The van der Waals surface area contributed by atoms with E-state index in [0.717, 1.165) is 37.3 Å². The molecule has 2 saturated heterocycles. The van der Waals surface area contributed by atoms with Crippen molar-refractivity contribution in [3.8, 4) is 0 Å². The highest BCUT2D eigenvalue weighted by atomic mass is 16.2. The molecule has 0 aromatic carbocycles. The van der Waals surface area contributed by atoms with E-state index in [1.54, 1.807) is 18.5 Å². The zero-order valence-corrected chi connectivity index (χ0v) is 17.4. The fourth-order valence-electron chi connectivity index (χ4n) is 5.42. The fraction of sp³-hybridized carbons (Fsp3) is 0.500. The van der Waals surface area contributed by atoms with E-state index in [4.69, 9.17) is 0 Å². The van der Waals surface area contributed by atoms with Crippen molar-refractivity contribution >= 4 is 11.7 Å². The second kappa shape index (κ2) is 7.26. The lowest BCUT2D eigenvalue weighted by atomic mass is 9.83. The first kappa shape index (κ1) is 18.7. The number of rotatable bonds is 3. The highest BCUT2D eigenvalue weighted by Gasteiger charge is 2.38. The van der Waals surface area contributed by atoms with E-state index in [0.29, 0.717) is 25.4 Å². The lowest BCUT2D eigenvalue weighted by molar-refractivity contribution is 0.0582. The summed E-state index contributed by atoms with van der Waals surface area (Å²) in [4.78, 5) is 39.0. The minimum Gasteiger partial charge on any atom is -0.335 e. The average Bonchev–Trinajstić information content (AvgIpc) is 3.45. The summed E-state index contributed by atoms with van der Waals surface area (Å²) in [6.45, 7) is 4.78. The Bertz CT molecular complexity index is 1180. The molecule has 3 aliphatic rings. The molecule has 0 N–H and O–H groups in total. The summed E-state index contributed by atoms with van der Waals surface area (Å²) >= 11 is 0. The van der Waals surface area contributed by atoms with E-state index in [2.05, 4.69) is 26.0 Å². The molecule has 160 valence electrons. The molecule has 3 aromatic rings. The third-order valence-electron chi connectivity index (χ3n) is 6.87. The molecule has 0 spiro atoms. The summed E-state index contributed by atoms with van der Waals surface area (Å²) in [5, 5.41) is 4.29. The number of likely N-dealkylation sites (tertiary alicyclic amines) is 2. The number of hydrogen-bond donors (Lipinski definition) is 0. The van der Waals surface area contributed by atoms with Crippen LogP contribution in [0.1, 0.15) is 47.1 Å². The quantitative estimate of drug-likeness (QED) is 0.633. The van der Waals surface area contributed by atoms with Crippen molar-refractivity contribution in [2.45, 2.75) is 38.3 Å². The van der Waals surface area contributed by atoms with Crippen LogP contribution >= 0.6 is 0 Å². The van der Waals surface area contributed by atoms with Crippen LogP contribution in [-0.2, 0) is 13.1 Å². The van der Waals surface area contributed by atoms with Crippen LogP contribution in [0.15, 0.2) is 35.4 Å². The molecule has 6 rings (SSSR count). The summed E-state index contributed by atoms with van der Waals surface area (Å²) in [6.07, 6.45) is 6.82. The van der Waals surface area contributed by atoms with Crippen molar-refractivity contribution in [3.05, 3.63) is 58.0 Å². The normalized spacial score (nSPS) is 23.3. The molecule has 2 fully saturated rings. The first-order valence-corrected chi connectivity index (χ1v) is 11.1. The molecule has 9 heteroatoms. The van der Waals surface area contributed by atoms with E-state index in [1.165, 1.54) is 17.4 Å². The van der Waals surface area contributed by atoms with Gasteiger partial charge in [-0.3, -0.25) is 14.5 Å². The molecule has 31 heavy (non-hydrogen) atoms. The molecular weight excluding hydrogens is 394 g/mol. The first-order chi connectivity index (χ1) is 15.2. The third kappa shape index (κ3) is 3.23. The monoisotopic (exact) mass is 419 g/mol. The van der Waals surface area contributed by atoms with Gasteiger partial charge in [-0.25, -0.2) is 9.50 Å². The molecule has 6 heterocycles. The highest BCUT2D eigenvalue weighted by Crippen LogP contribution is 2.35. The topological polar surface area (TPSA) is 88.6 Å². The van der Waals surface area contributed by atoms with E-state index in [-0.39, 0.29) is 29.1 Å². The second-order valence-electron chi connectivity index (χ2n) is 8.99. The number of hydrogen-bond acceptors (Lipinski definition) is 6. The van der Waals surface area contributed by atoms with Gasteiger partial charge in [-0.2, -0.15) is 4.98 Å².